The van der Waals surface area contributed by atoms with Crippen molar-refractivity contribution in [1.29, 1.82) is 0 Å². The molecule has 0 saturated carbocycles. The third-order valence-electron chi connectivity index (χ3n) is 5.39. The maximum atomic E-state index is 13.1. The van der Waals surface area contributed by atoms with E-state index in [2.05, 4.69) is 33.0 Å². The molecule has 1 N–H and O–H groups in total. The normalized spacial score (nSPS) is 15.5. The molecule has 0 aliphatic carbocycles. The number of carbonyl (C=O) groups is 1. The van der Waals surface area contributed by atoms with Gasteiger partial charge >= 0.3 is 0 Å². The predicted octanol–water partition coefficient (Wildman–Crippen LogP) is 4.86. The van der Waals surface area contributed by atoms with Gasteiger partial charge < -0.3 is 10.1 Å². The number of carbonyl (C=O) groups excluding carboxylic acids is 1. The van der Waals surface area contributed by atoms with Gasteiger partial charge in [-0.3, -0.25) is 4.79 Å². The Hall–Kier alpha value is -1.93. The van der Waals surface area contributed by atoms with Crippen LogP contribution >= 0.6 is 11.6 Å². The highest BCUT2D eigenvalue weighted by Crippen LogP contribution is 2.33. The summed E-state index contributed by atoms with van der Waals surface area (Å²) in [5.41, 5.74) is 3.10. The molecule has 0 unspecified atom stereocenters. The molecule has 2 aromatic rings. The number of anilines is 1. The topological polar surface area (TPSA) is 75.7 Å². The zero-order chi connectivity index (χ0) is 22.8. The number of amides is 1. The molecule has 0 aromatic heterocycles. The third kappa shape index (κ3) is 5.12. The zero-order valence-electron chi connectivity index (χ0n) is 18.3. The Morgan fingerprint density at radius 1 is 1.03 bits per heavy atom. The molecule has 1 fully saturated rings. The number of nitrogens with one attached hydrogen (secondary N) is 1. The summed E-state index contributed by atoms with van der Waals surface area (Å²) in [4.78, 5) is 13.1. The van der Waals surface area contributed by atoms with Crippen LogP contribution in [-0.4, -0.2) is 44.9 Å². The van der Waals surface area contributed by atoms with Crippen molar-refractivity contribution in [3.05, 3.63) is 58.1 Å². The minimum absolute atomic E-state index is 0.0649. The molecule has 8 heteroatoms. The first-order valence-corrected chi connectivity index (χ1v) is 12.3. The Morgan fingerprint density at radius 3 is 2.16 bits per heavy atom. The summed E-state index contributed by atoms with van der Waals surface area (Å²) in [5, 5.41) is 3.12. The fourth-order valence-corrected chi connectivity index (χ4v) is 5.56. The van der Waals surface area contributed by atoms with Crippen molar-refractivity contribution in [2.45, 2.75) is 44.4 Å². The van der Waals surface area contributed by atoms with Crippen molar-refractivity contribution >= 4 is 33.2 Å². The number of para-hydroxylation sites is 1. The fourth-order valence-electron chi connectivity index (χ4n) is 3.65. The molecule has 0 bridgehead atoms. The van der Waals surface area contributed by atoms with E-state index in [9.17, 15) is 13.2 Å². The average molecular weight is 465 g/mol. The summed E-state index contributed by atoms with van der Waals surface area (Å²) in [6, 6.07) is 10.4. The highest BCUT2D eigenvalue weighted by atomic mass is 35.5. The lowest BCUT2D eigenvalue weighted by Crippen LogP contribution is -2.40. The summed E-state index contributed by atoms with van der Waals surface area (Å²) >= 11 is 6.23. The summed E-state index contributed by atoms with van der Waals surface area (Å²) in [6.45, 7) is 9.48. The average Bonchev–Trinajstić information content (AvgIpc) is 2.74. The Kier molecular flexibility index (Phi) is 7.42. The van der Waals surface area contributed by atoms with Gasteiger partial charge in [-0.05, 0) is 41.2 Å². The quantitative estimate of drug-likeness (QED) is 0.662. The van der Waals surface area contributed by atoms with Gasteiger partial charge in [0.2, 0.25) is 10.0 Å². The summed E-state index contributed by atoms with van der Waals surface area (Å²) in [5.74, 6) is 0.0676. The van der Waals surface area contributed by atoms with Crippen molar-refractivity contribution in [3.63, 3.8) is 0 Å². The Balaban J connectivity index is 1.97. The Bertz CT molecular complexity index is 1030. The van der Waals surface area contributed by atoms with Gasteiger partial charge in [0.15, 0.2) is 0 Å². The number of hydrogen-bond acceptors (Lipinski definition) is 4. The zero-order valence-corrected chi connectivity index (χ0v) is 19.9. The van der Waals surface area contributed by atoms with Gasteiger partial charge in [0, 0.05) is 24.3 Å². The second-order valence-electron chi connectivity index (χ2n) is 8.24. The standard InChI is InChI=1S/C23H29ClN2O4S/c1-15(2)18-6-5-7-19(16(3)4)22(18)25-23(27)17-8-9-20(24)21(14-17)31(28,29)26-10-12-30-13-11-26/h5-9,14-16H,10-13H2,1-4H3,(H,25,27). The minimum atomic E-state index is -3.82. The first-order valence-electron chi connectivity index (χ1n) is 10.4. The second-order valence-corrected chi connectivity index (χ2v) is 10.6. The predicted molar refractivity (Wildman–Crippen MR) is 124 cm³/mol. The van der Waals surface area contributed by atoms with Gasteiger partial charge in [-0.25, -0.2) is 8.42 Å². The van der Waals surface area contributed by atoms with Crippen molar-refractivity contribution < 1.29 is 17.9 Å². The van der Waals surface area contributed by atoms with Crippen LogP contribution in [0.15, 0.2) is 41.3 Å². The van der Waals surface area contributed by atoms with E-state index in [1.54, 1.807) is 6.07 Å². The van der Waals surface area contributed by atoms with Crippen LogP contribution in [0.25, 0.3) is 0 Å². The molecule has 1 saturated heterocycles. The Labute approximate surface area is 189 Å². The van der Waals surface area contributed by atoms with Gasteiger partial charge in [0.05, 0.1) is 18.2 Å². The molecule has 6 nitrogen and oxygen atoms in total. The molecule has 168 valence electrons. The van der Waals surface area contributed by atoms with E-state index in [-0.39, 0.29) is 46.3 Å². The first-order chi connectivity index (χ1) is 14.6. The van der Waals surface area contributed by atoms with Gasteiger partial charge in [0.25, 0.3) is 5.91 Å². The molecule has 1 aliphatic rings. The van der Waals surface area contributed by atoms with Gasteiger partial charge in [-0.15, -0.1) is 0 Å². The number of morpholine rings is 1. The number of rotatable bonds is 6. The smallest absolute Gasteiger partial charge is 0.255 e. The van der Waals surface area contributed by atoms with Crippen LogP contribution in [-0.2, 0) is 14.8 Å². The van der Waals surface area contributed by atoms with E-state index in [0.29, 0.717) is 13.2 Å². The van der Waals surface area contributed by atoms with Gasteiger partial charge in [0.1, 0.15) is 4.90 Å². The molecule has 1 amide bonds. The van der Waals surface area contributed by atoms with Crippen molar-refractivity contribution in [3.8, 4) is 0 Å². The molecule has 0 atom stereocenters. The number of sulfonamides is 1. The Morgan fingerprint density at radius 2 is 1.61 bits per heavy atom. The lowest BCUT2D eigenvalue weighted by molar-refractivity contribution is 0.0730. The molecule has 1 aliphatic heterocycles. The second kappa shape index (κ2) is 9.69. The SMILES string of the molecule is CC(C)c1cccc(C(C)C)c1NC(=O)c1ccc(Cl)c(S(=O)(=O)N2CCOCC2)c1. The highest BCUT2D eigenvalue weighted by molar-refractivity contribution is 7.89. The highest BCUT2D eigenvalue weighted by Gasteiger charge is 2.29. The van der Waals surface area contributed by atoms with Crippen molar-refractivity contribution in [2.75, 3.05) is 31.6 Å². The van der Waals surface area contributed by atoms with Gasteiger partial charge in [-0.2, -0.15) is 4.31 Å². The fraction of sp³-hybridized carbons (Fsp3) is 0.435. The molecule has 1 heterocycles. The van der Waals surface area contributed by atoms with E-state index in [0.717, 1.165) is 16.8 Å². The molecule has 0 radical (unpaired) electrons. The number of hydrogen-bond donors (Lipinski definition) is 1. The van der Waals surface area contributed by atoms with Crippen LogP contribution in [0.2, 0.25) is 5.02 Å². The molecular weight excluding hydrogens is 436 g/mol. The molecule has 31 heavy (non-hydrogen) atoms. The van der Waals surface area contributed by atoms with E-state index in [1.165, 1.54) is 16.4 Å². The third-order valence-corrected chi connectivity index (χ3v) is 7.77. The molecular formula is C23H29ClN2O4S. The monoisotopic (exact) mass is 464 g/mol. The van der Waals surface area contributed by atoms with Crippen LogP contribution in [0, 0.1) is 0 Å². The van der Waals surface area contributed by atoms with E-state index < -0.39 is 10.0 Å². The maximum Gasteiger partial charge on any atom is 0.255 e. The number of halogens is 1. The number of ether oxygens (including phenoxy) is 1. The van der Waals surface area contributed by atoms with Crippen molar-refractivity contribution in [2.24, 2.45) is 0 Å². The van der Waals surface area contributed by atoms with Crippen LogP contribution in [0.4, 0.5) is 5.69 Å². The first kappa shape index (κ1) is 23.7. The summed E-state index contributed by atoms with van der Waals surface area (Å²) in [7, 11) is -3.82. The summed E-state index contributed by atoms with van der Waals surface area (Å²) < 4.78 is 32.7. The largest absolute Gasteiger partial charge is 0.379 e. The lowest BCUT2D eigenvalue weighted by Gasteiger charge is -2.26. The molecule has 0 spiro atoms. The maximum absolute atomic E-state index is 13.1. The van der Waals surface area contributed by atoms with Crippen LogP contribution in [0.1, 0.15) is 61.0 Å². The van der Waals surface area contributed by atoms with Crippen LogP contribution in [0.5, 0.6) is 0 Å². The summed E-state index contributed by atoms with van der Waals surface area (Å²) in [6.07, 6.45) is 0. The van der Waals surface area contributed by atoms with E-state index >= 15 is 0 Å². The van der Waals surface area contributed by atoms with E-state index in [4.69, 9.17) is 16.3 Å². The van der Waals surface area contributed by atoms with Crippen LogP contribution in [0.3, 0.4) is 0 Å². The number of benzene rings is 2. The molecule has 2 aromatic carbocycles. The lowest BCUT2D eigenvalue weighted by atomic mass is 9.92. The van der Waals surface area contributed by atoms with Crippen molar-refractivity contribution in [1.82, 2.24) is 4.31 Å². The minimum Gasteiger partial charge on any atom is -0.379 e. The molecule has 3 rings (SSSR count). The van der Waals surface area contributed by atoms with Gasteiger partial charge in [-0.1, -0.05) is 57.5 Å². The van der Waals surface area contributed by atoms with Crippen LogP contribution < -0.4 is 5.32 Å². The number of nitrogens with zero attached hydrogens (tertiary/aromatic N) is 1. The van der Waals surface area contributed by atoms with E-state index in [1.807, 2.05) is 18.2 Å².